The molecule has 2 rings (SSSR count). The Kier molecular flexibility index (Phi) is 4.80. The molecule has 0 atom stereocenters. The summed E-state index contributed by atoms with van der Waals surface area (Å²) in [6, 6.07) is 9.24. The summed E-state index contributed by atoms with van der Waals surface area (Å²) in [5.74, 6) is -1.51. The largest absolute Gasteiger partial charge is 0.496 e. The van der Waals surface area contributed by atoms with Crippen LogP contribution in [-0.2, 0) is 6.61 Å². The first-order chi connectivity index (χ1) is 10.0. The fourth-order valence-electron chi connectivity index (χ4n) is 1.79. The number of halogens is 2. The number of carboxylic acid groups (broad SMARTS) is 1. The van der Waals surface area contributed by atoms with Gasteiger partial charge in [-0.05, 0) is 45.8 Å². The summed E-state index contributed by atoms with van der Waals surface area (Å²) in [6.45, 7) is 0.117. The highest BCUT2D eigenvalue weighted by Gasteiger charge is 2.16. The maximum atomic E-state index is 13.5. The molecule has 0 aromatic heterocycles. The zero-order valence-corrected chi connectivity index (χ0v) is 12.7. The van der Waals surface area contributed by atoms with Gasteiger partial charge in [-0.2, -0.15) is 0 Å². The summed E-state index contributed by atoms with van der Waals surface area (Å²) in [7, 11) is 1.56. The number of hydrogen-bond donors (Lipinski definition) is 1. The van der Waals surface area contributed by atoms with Crippen LogP contribution in [0.2, 0.25) is 0 Å². The highest BCUT2D eigenvalue weighted by molar-refractivity contribution is 9.10. The highest BCUT2D eigenvalue weighted by atomic mass is 79.9. The van der Waals surface area contributed by atoms with Gasteiger partial charge in [-0.1, -0.05) is 12.1 Å². The predicted molar refractivity (Wildman–Crippen MR) is 78.4 cm³/mol. The average molecular weight is 355 g/mol. The molecule has 2 aromatic carbocycles. The summed E-state index contributed by atoms with van der Waals surface area (Å²) in [4.78, 5) is 11.0. The Balaban J connectivity index is 2.19. The second-order valence-corrected chi connectivity index (χ2v) is 5.03. The van der Waals surface area contributed by atoms with Crippen LogP contribution in [0.25, 0.3) is 0 Å². The number of carboxylic acids is 1. The van der Waals surface area contributed by atoms with E-state index in [0.29, 0.717) is 5.75 Å². The number of benzene rings is 2. The van der Waals surface area contributed by atoms with E-state index in [4.69, 9.17) is 14.6 Å². The van der Waals surface area contributed by atoms with Crippen LogP contribution in [0, 0.1) is 5.82 Å². The maximum absolute atomic E-state index is 13.5. The molecule has 110 valence electrons. The van der Waals surface area contributed by atoms with Gasteiger partial charge < -0.3 is 14.6 Å². The molecule has 0 fully saturated rings. The molecular weight excluding hydrogens is 343 g/mol. The van der Waals surface area contributed by atoms with Crippen molar-refractivity contribution in [2.24, 2.45) is 0 Å². The van der Waals surface area contributed by atoms with Gasteiger partial charge in [0, 0.05) is 0 Å². The number of carbonyl (C=O) groups is 1. The molecule has 0 radical (unpaired) electrons. The van der Waals surface area contributed by atoms with E-state index in [9.17, 15) is 9.18 Å². The highest BCUT2D eigenvalue weighted by Crippen LogP contribution is 2.27. The van der Waals surface area contributed by atoms with E-state index in [1.165, 1.54) is 12.1 Å². The van der Waals surface area contributed by atoms with Crippen molar-refractivity contribution in [2.75, 3.05) is 7.11 Å². The molecule has 0 bridgehead atoms. The van der Waals surface area contributed by atoms with Crippen molar-refractivity contribution < 1.29 is 23.8 Å². The number of methoxy groups -OCH3 is 1. The molecule has 21 heavy (non-hydrogen) atoms. The Hall–Kier alpha value is -2.08. The summed E-state index contributed by atoms with van der Waals surface area (Å²) >= 11 is 3.35. The molecule has 1 N–H and O–H groups in total. The lowest BCUT2D eigenvalue weighted by Gasteiger charge is -2.11. The van der Waals surface area contributed by atoms with Gasteiger partial charge in [0.15, 0.2) is 0 Å². The lowest BCUT2D eigenvalue weighted by molar-refractivity contribution is 0.0686. The SMILES string of the molecule is COc1ccc(COc2cccc(F)c2C(=O)O)cc1Br. The first-order valence-electron chi connectivity index (χ1n) is 6.00. The predicted octanol–water partition coefficient (Wildman–Crippen LogP) is 3.87. The smallest absolute Gasteiger partial charge is 0.342 e. The minimum Gasteiger partial charge on any atom is -0.496 e. The van der Waals surface area contributed by atoms with E-state index >= 15 is 0 Å². The van der Waals surface area contributed by atoms with E-state index in [-0.39, 0.29) is 12.4 Å². The van der Waals surface area contributed by atoms with Crippen LogP contribution in [0.4, 0.5) is 4.39 Å². The number of ether oxygens (including phenoxy) is 2. The van der Waals surface area contributed by atoms with Crippen molar-refractivity contribution in [1.29, 1.82) is 0 Å². The Morgan fingerprint density at radius 1 is 1.29 bits per heavy atom. The van der Waals surface area contributed by atoms with Gasteiger partial charge in [0.05, 0.1) is 11.6 Å². The Morgan fingerprint density at radius 3 is 2.67 bits per heavy atom. The summed E-state index contributed by atoms with van der Waals surface area (Å²) in [6.07, 6.45) is 0. The molecule has 0 aliphatic heterocycles. The molecule has 6 heteroatoms. The van der Waals surface area contributed by atoms with Gasteiger partial charge in [0.1, 0.15) is 29.5 Å². The molecule has 0 unspecified atom stereocenters. The minimum atomic E-state index is -1.36. The summed E-state index contributed by atoms with van der Waals surface area (Å²) in [5, 5.41) is 9.01. The second kappa shape index (κ2) is 6.58. The standard InChI is InChI=1S/C15H12BrFO4/c1-20-12-6-5-9(7-10(12)16)8-21-13-4-2-3-11(17)14(13)15(18)19/h2-7H,8H2,1H3,(H,18,19). The summed E-state index contributed by atoms with van der Waals surface area (Å²) in [5.41, 5.74) is 0.327. The molecule has 2 aromatic rings. The van der Waals surface area contributed by atoms with Crippen molar-refractivity contribution in [1.82, 2.24) is 0 Å². The fourth-order valence-corrected chi connectivity index (χ4v) is 2.38. The molecule has 0 aliphatic rings. The fraction of sp³-hybridized carbons (Fsp3) is 0.133. The molecule has 0 aliphatic carbocycles. The van der Waals surface area contributed by atoms with Gasteiger partial charge in [0.25, 0.3) is 0 Å². The quantitative estimate of drug-likeness (QED) is 0.885. The van der Waals surface area contributed by atoms with Gasteiger partial charge in [-0.3, -0.25) is 0 Å². The van der Waals surface area contributed by atoms with Crippen LogP contribution in [0.1, 0.15) is 15.9 Å². The maximum Gasteiger partial charge on any atom is 0.342 e. The normalized spacial score (nSPS) is 10.2. The first-order valence-corrected chi connectivity index (χ1v) is 6.79. The average Bonchev–Trinajstić information content (AvgIpc) is 2.44. The zero-order chi connectivity index (χ0) is 15.4. The number of rotatable bonds is 5. The Bertz CT molecular complexity index is 673. The molecule has 0 heterocycles. The van der Waals surface area contributed by atoms with Gasteiger partial charge in [-0.25, -0.2) is 9.18 Å². The third-order valence-corrected chi connectivity index (χ3v) is 3.42. The van der Waals surface area contributed by atoms with Gasteiger partial charge in [0.2, 0.25) is 0 Å². The summed E-state index contributed by atoms with van der Waals surface area (Å²) < 4.78 is 24.8. The first kappa shape index (κ1) is 15.3. The van der Waals surface area contributed by atoms with Crippen LogP contribution in [0.5, 0.6) is 11.5 Å². The van der Waals surface area contributed by atoms with E-state index in [0.717, 1.165) is 16.1 Å². The Morgan fingerprint density at radius 2 is 2.05 bits per heavy atom. The van der Waals surface area contributed by atoms with Crippen molar-refractivity contribution >= 4 is 21.9 Å². The lowest BCUT2D eigenvalue weighted by atomic mass is 10.2. The molecule has 0 spiro atoms. The van der Waals surface area contributed by atoms with Crippen LogP contribution >= 0.6 is 15.9 Å². The van der Waals surface area contributed by atoms with E-state index in [1.807, 2.05) is 0 Å². The van der Waals surface area contributed by atoms with Crippen molar-refractivity contribution in [2.45, 2.75) is 6.61 Å². The lowest BCUT2D eigenvalue weighted by Crippen LogP contribution is -2.06. The van der Waals surface area contributed by atoms with Gasteiger partial charge >= 0.3 is 5.97 Å². The molecule has 0 amide bonds. The topological polar surface area (TPSA) is 55.8 Å². The van der Waals surface area contributed by atoms with E-state index < -0.39 is 17.3 Å². The second-order valence-electron chi connectivity index (χ2n) is 4.18. The van der Waals surface area contributed by atoms with Crippen LogP contribution in [0.3, 0.4) is 0 Å². The monoisotopic (exact) mass is 354 g/mol. The molecule has 4 nitrogen and oxygen atoms in total. The van der Waals surface area contributed by atoms with Crippen molar-refractivity contribution in [3.8, 4) is 11.5 Å². The molecule has 0 saturated heterocycles. The third-order valence-electron chi connectivity index (χ3n) is 2.80. The molecular formula is C15H12BrFO4. The van der Waals surface area contributed by atoms with E-state index in [2.05, 4.69) is 15.9 Å². The molecule has 0 saturated carbocycles. The van der Waals surface area contributed by atoms with Crippen molar-refractivity contribution in [3.05, 3.63) is 57.8 Å². The number of aromatic carboxylic acids is 1. The van der Waals surface area contributed by atoms with Crippen molar-refractivity contribution in [3.63, 3.8) is 0 Å². The van der Waals surface area contributed by atoms with E-state index in [1.54, 1.807) is 25.3 Å². The van der Waals surface area contributed by atoms with Gasteiger partial charge in [-0.15, -0.1) is 0 Å². The number of hydrogen-bond acceptors (Lipinski definition) is 3. The minimum absolute atomic E-state index is 0.00515. The van der Waals surface area contributed by atoms with Crippen LogP contribution in [-0.4, -0.2) is 18.2 Å². The van der Waals surface area contributed by atoms with Crippen LogP contribution in [0.15, 0.2) is 40.9 Å². The third kappa shape index (κ3) is 3.52. The zero-order valence-electron chi connectivity index (χ0n) is 11.1. The van der Waals surface area contributed by atoms with Crippen LogP contribution < -0.4 is 9.47 Å². The Labute approximate surface area is 129 Å².